The molecule has 0 saturated carbocycles. The molecular weight excluding hydrogens is 322 g/mol. The molecule has 0 spiro atoms. The molecule has 112 valence electrons. The highest BCUT2D eigenvalue weighted by molar-refractivity contribution is 9.09. The van der Waals surface area contributed by atoms with E-state index in [0.29, 0.717) is 17.1 Å². The topological polar surface area (TPSA) is 38.8 Å². The van der Waals surface area contributed by atoms with Crippen molar-refractivity contribution in [2.45, 2.75) is 26.3 Å². The fraction of sp³-hybridized carbons (Fsp3) is 0.533. The molecule has 0 aromatic heterocycles. The average molecular weight is 344 g/mol. The van der Waals surface area contributed by atoms with Crippen molar-refractivity contribution in [1.82, 2.24) is 4.90 Å². The third-order valence-corrected chi connectivity index (χ3v) is 3.61. The summed E-state index contributed by atoms with van der Waals surface area (Å²) in [6.07, 6.45) is 0.928. The molecular formula is C15H22BrNO3. The molecule has 0 bridgehead atoms. The van der Waals surface area contributed by atoms with E-state index < -0.39 is 0 Å². The number of hydrogen-bond donors (Lipinski definition) is 0. The predicted molar refractivity (Wildman–Crippen MR) is 84.1 cm³/mol. The van der Waals surface area contributed by atoms with Crippen LogP contribution in [0.1, 0.15) is 30.6 Å². The maximum atomic E-state index is 12.6. The largest absolute Gasteiger partial charge is 0.493 e. The van der Waals surface area contributed by atoms with Gasteiger partial charge < -0.3 is 14.4 Å². The molecule has 1 aromatic rings. The van der Waals surface area contributed by atoms with Crippen LogP contribution in [0.15, 0.2) is 18.2 Å². The molecule has 5 heteroatoms. The number of carbonyl (C=O) groups is 1. The molecule has 0 fully saturated rings. The number of carbonyl (C=O) groups excluding carboxylic acids is 1. The number of hydrogen-bond acceptors (Lipinski definition) is 3. The number of benzene rings is 1. The molecule has 0 heterocycles. The van der Waals surface area contributed by atoms with Crippen LogP contribution in [0.4, 0.5) is 0 Å². The van der Waals surface area contributed by atoms with E-state index in [1.165, 1.54) is 0 Å². The Morgan fingerprint density at radius 1 is 1.25 bits per heavy atom. The zero-order valence-corrected chi connectivity index (χ0v) is 14.1. The fourth-order valence-electron chi connectivity index (χ4n) is 1.96. The van der Waals surface area contributed by atoms with Gasteiger partial charge in [0.05, 0.1) is 14.2 Å². The third-order valence-electron chi connectivity index (χ3n) is 3.05. The lowest BCUT2D eigenvalue weighted by molar-refractivity contribution is 0.0706. The lowest BCUT2D eigenvalue weighted by atomic mass is 10.1. The van der Waals surface area contributed by atoms with E-state index >= 15 is 0 Å². The minimum atomic E-state index is 0.0157. The Morgan fingerprint density at radius 2 is 1.90 bits per heavy atom. The lowest BCUT2D eigenvalue weighted by Gasteiger charge is -2.27. The zero-order chi connectivity index (χ0) is 15.1. The van der Waals surface area contributed by atoms with Gasteiger partial charge in [-0.15, -0.1) is 0 Å². The number of nitrogens with zero attached hydrogens (tertiary/aromatic N) is 1. The number of methoxy groups -OCH3 is 2. The van der Waals surface area contributed by atoms with Crippen LogP contribution in [0, 0.1) is 0 Å². The minimum Gasteiger partial charge on any atom is -0.493 e. The van der Waals surface area contributed by atoms with Gasteiger partial charge in [0.25, 0.3) is 5.91 Å². The molecule has 0 aliphatic carbocycles. The molecule has 1 amide bonds. The molecule has 0 aliphatic heterocycles. The van der Waals surface area contributed by atoms with Crippen molar-refractivity contribution in [3.8, 4) is 11.5 Å². The zero-order valence-electron chi connectivity index (χ0n) is 12.5. The van der Waals surface area contributed by atoms with Gasteiger partial charge in [-0.2, -0.15) is 0 Å². The smallest absolute Gasteiger partial charge is 0.254 e. The Hall–Kier alpha value is -1.23. The summed E-state index contributed by atoms with van der Waals surface area (Å²) in [5.74, 6) is 1.21. The van der Waals surface area contributed by atoms with Gasteiger partial charge in [0.15, 0.2) is 11.5 Å². The van der Waals surface area contributed by atoms with Crippen molar-refractivity contribution in [2.24, 2.45) is 0 Å². The van der Waals surface area contributed by atoms with Crippen LogP contribution < -0.4 is 9.47 Å². The van der Waals surface area contributed by atoms with Crippen molar-refractivity contribution in [3.63, 3.8) is 0 Å². The Bertz CT molecular complexity index is 449. The van der Waals surface area contributed by atoms with Gasteiger partial charge >= 0.3 is 0 Å². The van der Waals surface area contributed by atoms with Crippen LogP contribution in [0.25, 0.3) is 0 Å². The summed E-state index contributed by atoms with van der Waals surface area (Å²) >= 11 is 3.40. The molecule has 0 atom stereocenters. The van der Waals surface area contributed by atoms with Crippen molar-refractivity contribution in [1.29, 1.82) is 0 Å². The molecule has 0 radical (unpaired) electrons. The Kier molecular flexibility index (Phi) is 6.85. The molecule has 1 aromatic carbocycles. The summed E-state index contributed by atoms with van der Waals surface area (Å²) in [5, 5.41) is 0.884. The predicted octanol–water partition coefficient (Wildman–Crippen LogP) is 3.34. The molecule has 20 heavy (non-hydrogen) atoms. The van der Waals surface area contributed by atoms with E-state index in [1.807, 2.05) is 18.7 Å². The average Bonchev–Trinajstić information content (AvgIpc) is 2.46. The SMILES string of the molecule is COc1ccc(C(=O)N(CCCBr)C(C)C)cc1OC. The van der Waals surface area contributed by atoms with Crippen molar-refractivity contribution >= 4 is 21.8 Å². The number of alkyl halides is 1. The highest BCUT2D eigenvalue weighted by Crippen LogP contribution is 2.28. The van der Waals surface area contributed by atoms with Gasteiger partial charge in [0, 0.05) is 23.5 Å². The summed E-state index contributed by atoms with van der Waals surface area (Å²) in [4.78, 5) is 14.4. The summed E-state index contributed by atoms with van der Waals surface area (Å²) in [6.45, 7) is 4.77. The van der Waals surface area contributed by atoms with E-state index in [9.17, 15) is 4.79 Å². The third kappa shape index (κ3) is 4.13. The highest BCUT2D eigenvalue weighted by Gasteiger charge is 2.19. The Balaban J connectivity index is 2.99. The quantitative estimate of drug-likeness (QED) is 0.712. The second-order valence-electron chi connectivity index (χ2n) is 4.70. The second kappa shape index (κ2) is 8.15. The fourth-order valence-corrected chi connectivity index (χ4v) is 2.21. The molecule has 0 aliphatic rings. The van der Waals surface area contributed by atoms with E-state index in [2.05, 4.69) is 15.9 Å². The Labute approximate surface area is 129 Å². The maximum Gasteiger partial charge on any atom is 0.254 e. The van der Waals surface area contributed by atoms with E-state index in [1.54, 1.807) is 32.4 Å². The van der Waals surface area contributed by atoms with Crippen molar-refractivity contribution in [3.05, 3.63) is 23.8 Å². The summed E-state index contributed by atoms with van der Waals surface area (Å²) < 4.78 is 10.4. The molecule has 0 unspecified atom stereocenters. The van der Waals surface area contributed by atoms with E-state index in [-0.39, 0.29) is 11.9 Å². The number of amides is 1. The van der Waals surface area contributed by atoms with E-state index in [0.717, 1.165) is 18.3 Å². The molecule has 4 nitrogen and oxygen atoms in total. The molecule has 0 saturated heterocycles. The number of halogens is 1. The lowest BCUT2D eigenvalue weighted by Crippen LogP contribution is -2.37. The first-order valence-electron chi connectivity index (χ1n) is 6.64. The highest BCUT2D eigenvalue weighted by atomic mass is 79.9. The van der Waals surface area contributed by atoms with Crippen LogP contribution in [-0.2, 0) is 0 Å². The summed E-state index contributed by atoms with van der Waals surface area (Å²) in [5.41, 5.74) is 0.617. The van der Waals surface area contributed by atoms with Crippen molar-refractivity contribution < 1.29 is 14.3 Å². The van der Waals surface area contributed by atoms with Gasteiger partial charge in [-0.05, 0) is 38.5 Å². The first-order chi connectivity index (χ1) is 9.54. The summed E-state index contributed by atoms with van der Waals surface area (Å²) in [6, 6.07) is 5.42. The van der Waals surface area contributed by atoms with Gasteiger partial charge in [-0.25, -0.2) is 0 Å². The minimum absolute atomic E-state index is 0.0157. The summed E-state index contributed by atoms with van der Waals surface area (Å²) in [7, 11) is 3.15. The second-order valence-corrected chi connectivity index (χ2v) is 5.50. The van der Waals surface area contributed by atoms with Gasteiger partial charge in [0.1, 0.15) is 0 Å². The molecule has 1 rings (SSSR count). The first kappa shape index (κ1) is 16.8. The van der Waals surface area contributed by atoms with Gasteiger partial charge in [0.2, 0.25) is 0 Å². The molecule has 0 N–H and O–H groups in total. The van der Waals surface area contributed by atoms with Crippen LogP contribution in [0.2, 0.25) is 0 Å². The standard InChI is InChI=1S/C15H22BrNO3/c1-11(2)17(9-5-8-16)15(18)12-6-7-13(19-3)14(10-12)20-4/h6-7,10-11H,5,8-9H2,1-4H3. The van der Waals surface area contributed by atoms with Crippen LogP contribution in [0.5, 0.6) is 11.5 Å². The van der Waals surface area contributed by atoms with Crippen molar-refractivity contribution in [2.75, 3.05) is 26.1 Å². The Morgan fingerprint density at radius 3 is 2.40 bits per heavy atom. The van der Waals surface area contributed by atoms with Crippen LogP contribution in [-0.4, -0.2) is 42.9 Å². The van der Waals surface area contributed by atoms with Crippen LogP contribution >= 0.6 is 15.9 Å². The number of ether oxygens (including phenoxy) is 2. The van der Waals surface area contributed by atoms with Crippen LogP contribution in [0.3, 0.4) is 0 Å². The first-order valence-corrected chi connectivity index (χ1v) is 7.76. The van der Waals surface area contributed by atoms with E-state index in [4.69, 9.17) is 9.47 Å². The van der Waals surface area contributed by atoms with Gasteiger partial charge in [-0.1, -0.05) is 15.9 Å². The van der Waals surface area contributed by atoms with Gasteiger partial charge in [-0.3, -0.25) is 4.79 Å². The number of rotatable bonds is 7. The monoisotopic (exact) mass is 343 g/mol. The normalized spacial score (nSPS) is 10.5. The maximum absolute atomic E-state index is 12.6.